The molecular weight excluding hydrogens is 329 g/mol. The van der Waals surface area contributed by atoms with E-state index < -0.39 is 17.8 Å². The number of alkyl halides is 3. The lowest BCUT2D eigenvalue weighted by molar-refractivity contribution is -0.142. The third kappa shape index (κ3) is 2.29. The number of hydrogen-bond acceptors (Lipinski definition) is 3. The van der Waals surface area contributed by atoms with Crippen molar-refractivity contribution in [3.05, 3.63) is 27.6 Å². The highest BCUT2D eigenvalue weighted by Crippen LogP contribution is 2.32. The van der Waals surface area contributed by atoms with Crippen molar-refractivity contribution in [1.82, 2.24) is 19.9 Å². The van der Waals surface area contributed by atoms with Crippen LogP contribution in [-0.4, -0.2) is 27.6 Å². The fourth-order valence-electron chi connectivity index (χ4n) is 1.58. The lowest BCUT2D eigenvalue weighted by atomic mass is 10.3. The Morgan fingerprint density at radius 2 is 2.11 bits per heavy atom. The Labute approximate surface area is 113 Å². The normalized spacial score (nSPS) is 11.9. The van der Waals surface area contributed by atoms with Crippen LogP contribution in [0.3, 0.4) is 0 Å². The predicted molar refractivity (Wildman–Crippen MR) is 63.8 cm³/mol. The molecule has 2 aromatic rings. The molecule has 2 rings (SSSR count). The van der Waals surface area contributed by atoms with Crippen LogP contribution in [0.1, 0.15) is 21.9 Å². The molecule has 9 heteroatoms. The van der Waals surface area contributed by atoms with Gasteiger partial charge in [-0.15, -0.1) is 0 Å². The Hall–Kier alpha value is -1.64. The van der Waals surface area contributed by atoms with E-state index in [1.54, 1.807) is 0 Å². The van der Waals surface area contributed by atoms with Crippen molar-refractivity contribution in [2.24, 2.45) is 0 Å². The minimum Gasteiger partial charge on any atom is -0.354 e. The number of carbonyl (C=O) groups excluding carboxylic acids is 1. The second kappa shape index (κ2) is 4.48. The highest BCUT2D eigenvalue weighted by molar-refractivity contribution is 9.10. The minimum absolute atomic E-state index is 0.0501. The van der Waals surface area contributed by atoms with Crippen molar-refractivity contribution in [3.8, 4) is 0 Å². The lowest BCUT2D eigenvalue weighted by Gasteiger charge is -2.09. The second-order valence-corrected chi connectivity index (χ2v) is 4.55. The molecule has 1 amide bonds. The summed E-state index contributed by atoms with van der Waals surface area (Å²) in [6.45, 7) is 1.44. The minimum atomic E-state index is -4.59. The Morgan fingerprint density at radius 1 is 1.47 bits per heavy atom. The van der Waals surface area contributed by atoms with Gasteiger partial charge < -0.3 is 5.32 Å². The Kier molecular flexibility index (Phi) is 3.25. The number of nitrogens with zero attached hydrogens (tertiary/aromatic N) is 3. The van der Waals surface area contributed by atoms with E-state index in [2.05, 4.69) is 31.3 Å². The smallest absolute Gasteiger partial charge is 0.354 e. The van der Waals surface area contributed by atoms with E-state index in [0.717, 1.165) is 6.07 Å². The van der Waals surface area contributed by atoms with Crippen LogP contribution in [0.5, 0.6) is 0 Å². The molecule has 2 aromatic heterocycles. The maximum Gasteiger partial charge on any atom is 0.433 e. The number of carbonyl (C=O) groups is 1. The molecule has 0 fully saturated rings. The van der Waals surface area contributed by atoms with Gasteiger partial charge in [0.15, 0.2) is 11.3 Å². The Bertz CT molecular complexity index is 665. The molecule has 0 unspecified atom stereocenters. The van der Waals surface area contributed by atoms with Gasteiger partial charge in [-0.3, -0.25) is 4.79 Å². The number of amides is 1. The van der Waals surface area contributed by atoms with E-state index in [1.165, 1.54) is 14.0 Å². The molecule has 0 saturated carbocycles. The van der Waals surface area contributed by atoms with E-state index in [0.29, 0.717) is 4.52 Å². The average Bonchev–Trinajstić information content (AvgIpc) is 2.64. The van der Waals surface area contributed by atoms with Crippen LogP contribution in [0, 0.1) is 6.92 Å². The van der Waals surface area contributed by atoms with Crippen LogP contribution in [0.4, 0.5) is 13.2 Å². The van der Waals surface area contributed by atoms with Gasteiger partial charge in [0, 0.05) is 12.7 Å². The highest BCUT2D eigenvalue weighted by Gasteiger charge is 2.36. The molecule has 0 radical (unpaired) electrons. The molecule has 102 valence electrons. The molecule has 19 heavy (non-hydrogen) atoms. The molecule has 0 spiro atoms. The van der Waals surface area contributed by atoms with Crippen LogP contribution in [0.25, 0.3) is 5.65 Å². The zero-order valence-corrected chi connectivity index (χ0v) is 11.4. The second-order valence-electron chi connectivity index (χ2n) is 3.76. The highest BCUT2D eigenvalue weighted by atomic mass is 79.9. The van der Waals surface area contributed by atoms with E-state index in [4.69, 9.17) is 0 Å². The average molecular weight is 337 g/mol. The van der Waals surface area contributed by atoms with Crippen molar-refractivity contribution in [2.75, 3.05) is 7.05 Å². The molecule has 0 bridgehead atoms. The molecule has 0 aliphatic rings. The quantitative estimate of drug-likeness (QED) is 0.868. The summed E-state index contributed by atoms with van der Waals surface area (Å²) in [5.74, 6) is -0.594. The summed E-state index contributed by atoms with van der Waals surface area (Å²) in [7, 11) is 1.36. The molecule has 0 atom stereocenters. The van der Waals surface area contributed by atoms with Gasteiger partial charge in [0.1, 0.15) is 5.69 Å². The molecule has 0 aliphatic carbocycles. The summed E-state index contributed by atoms with van der Waals surface area (Å²) < 4.78 is 39.5. The zero-order valence-electron chi connectivity index (χ0n) is 9.84. The maximum atomic E-state index is 12.9. The van der Waals surface area contributed by atoms with E-state index in [9.17, 15) is 18.0 Å². The maximum absolute atomic E-state index is 12.9. The summed E-state index contributed by atoms with van der Waals surface area (Å²) in [5, 5.41) is 5.97. The predicted octanol–water partition coefficient (Wildman–Crippen LogP) is 2.18. The van der Waals surface area contributed by atoms with E-state index in [1.807, 2.05) is 0 Å². The summed E-state index contributed by atoms with van der Waals surface area (Å²) in [6.07, 6.45) is -4.59. The molecule has 0 aliphatic heterocycles. The molecular formula is C10H8BrF3N4O. The van der Waals surface area contributed by atoms with Crippen LogP contribution in [0.2, 0.25) is 0 Å². The van der Waals surface area contributed by atoms with E-state index in [-0.39, 0.29) is 21.5 Å². The van der Waals surface area contributed by atoms with Crippen molar-refractivity contribution in [2.45, 2.75) is 13.1 Å². The van der Waals surface area contributed by atoms with Gasteiger partial charge in [0.05, 0.1) is 4.47 Å². The van der Waals surface area contributed by atoms with Gasteiger partial charge in [-0.05, 0) is 28.9 Å². The van der Waals surface area contributed by atoms with Crippen LogP contribution >= 0.6 is 15.9 Å². The summed E-state index contributed by atoms with van der Waals surface area (Å²) >= 11 is 3.05. The summed E-state index contributed by atoms with van der Waals surface area (Å²) in [6, 6.07) is 0.875. The van der Waals surface area contributed by atoms with Crippen LogP contribution in [-0.2, 0) is 6.18 Å². The number of nitrogens with one attached hydrogen (secondary N) is 1. The molecule has 5 nitrogen and oxygen atoms in total. The van der Waals surface area contributed by atoms with Crippen molar-refractivity contribution >= 4 is 27.5 Å². The lowest BCUT2D eigenvalue weighted by Crippen LogP contribution is -2.19. The fourth-order valence-corrected chi connectivity index (χ4v) is 2.09. The van der Waals surface area contributed by atoms with Gasteiger partial charge in [-0.2, -0.15) is 18.3 Å². The number of halogens is 4. The van der Waals surface area contributed by atoms with Gasteiger partial charge in [0.2, 0.25) is 0 Å². The number of aromatic nitrogens is 3. The largest absolute Gasteiger partial charge is 0.433 e. The topological polar surface area (TPSA) is 59.3 Å². The van der Waals surface area contributed by atoms with Crippen molar-refractivity contribution in [3.63, 3.8) is 0 Å². The Morgan fingerprint density at radius 3 is 2.63 bits per heavy atom. The zero-order chi connectivity index (χ0) is 14.4. The SMILES string of the molecule is CNC(=O)c1nn2c(C(F)(F)F)cc(C)nc2c1Br. The van der Waals surface area contributed by atoms with Crippen molar-refractivity contribution in [1.29, 1.82) is 0 Å². The molecule has 2 heterocycles. The molecule has 0 saturated heterocycles. The third-order valence-corrected chi connectivity index (χ3v) is 3.12. The van der Waals surface area contributed by atoms with E-state index >= 15 is 0 Å². The van der Waals surface area contributed by atoms with Gasteiger partial charge in [-0.25, -0.2) is 9.50 Å². The van der Waals surface area contributed by atoms with Gasteiger partial charge >= 0.3 is 6.18 Å². The summed E-state index contributed by atoms with van der Waals surface area (Å²) in [5.41, 5.74) is -0.994. The van der Waals surface area contributed by atoms with Crippen LogP contribution in [0.15, 0.2) is 10.5 Å². The first-order valence-electron chi connectivity index (χ1n) is 5.11. The fraction of sp³-hybridized carbons (Fsp3) is 0.300. The Balaban J connectivity index is 2.83. The molecule has 0 aromatic carbocycles. The first kappa shape index (κ1) is 13.8. The van der Waals surface area contributed by atoms with Gasteiger partial charge in [-0.1, -0.05) is 0 Å². The number of aryl methyl sites for hydroxylation is 1. The third-order valence-electron chi connectivity index (χ3n) is 2.39. The first-order chi connectivity index (χ1) is 8.75. The standard InChI is InChI=1S/C10H8BrF3N4O/c1-4-3-5(10(12,13)14)18-8(16-4)6(11)7(17-18)9(19)15-2/h3H,1-2H3,(H,15,19). The van der Waals surface area contributed by atoms with Crippen LogP contribution < -0.4 is 5.32 Å². The monoisotopic (exact) mass is 336 g/mol. The number of fused-ring (bicyclic) bond motifs is 1. The number of hydrogen-bond donors (Lipinski definition) is 1. The number of rotatable bonds is 1. The first-order valence-corrected chi connectivity index (χ1v) is 5.90. The van der Waals surface area contributed by atoms with Gasteiger partial charge in [0.25, 0.3) is 5.91 Å². The molecule has 1 N–H and O–H groups in total. The summed E-state index contributed by atoms with van der Waals surface area (Å²) in [4.78, 5) is 15.5. The van der Waals surface area contributed by atoms with Crippen molar-refractivity contribution < 1.29 is 18.0 Å².